The number of carbonyl (C=O) groups excluding carboxylic acids is 3. The van der Waals surface area contributed by atoms with Crippen LogP contribution in [0.3, 0.4) is 0 Å². The van der Waals surface area contributed by atoms with Crippen molar-refractivity contribution in [2.45, 2.75) is 36.7 Å². The fraction of sp³-hybridized carbons (Fsp3) is 0.412. The van der Waals surface area contributed by atoms with Crippen molar-refractivity contribution in [2.24, 2.45) is 11.5 Å². The fourth-order valence-electron chi connectivity index (χ4n) is 3.40. The van der Waals surface area contributed by atoms with Gasteiger partial charge in [0.2, 0.25) is 11.8 Å². The molecule has 1 fully saturated rings. The molecule has 2 aliphatic heterocycles. The van der Waals surface area contributed by atoms with Crippen molar-refractivity contribution in [3.8, 4) is 0 Å². The van der Waals surface area contributed by atoms with E-state index in [0.29, 0.717) is 12.8 Å². The van der Waals surface area contributed by atoms with E-state index in [1.165, 1.54) is 18.7 Å². The second kappa shape index (κ2) is 6.86. The molecule has 9 nitrogen and oxygen atoms in total. The summed E-state index contributed by atoms with van der Waals surface area (Å²) in [7, 11) is 0. The first-order valence-corrected chi connectivity index (χ1v) is 9.36. The van der Waals surface area contributed by atoms with Crippen molar-refractivity contribution < 1.29 is 24.3 Å². The van der Waals surface area contributed by atoms with Crippen LogP contribution in [0, 0.1) is 0 Å². The molecule has 144 valence electrons. The summed E-state index contributed by atoms with van der Waals surface area (Å²) in [4.78, 5) is 49.4. The maximum absolute atomic E-state index is 12.7. The van der Waals surface area contributed by atoms with Gasteiger partial charge in [-0.2, -0.15) is 0 Å². The largest absolute Gasteiger partial charge is 0.477 e. The lowest BCUT2D eigenvalue weighted by Gasteiger charge is -2.55. The number of allylic oxidation sites excluding steroid dienone is 3. The second-order valence-corrected chi connectivity index (χ2v) is 7.76. The molecule has 3 amide bonds. The van der Waals surface area contributed by atoms with Gasteiger partial charge in [-0.05, 0) is 25.3 Å². The minimum atomic E-state index is -1.41. The summed E-state index contributed by atoms with van der Waals surface area (Å²) in [6, 6.07) is -0.891. The average molecular weight is 392 g/mol. The number of nitrogens with zero attached hydrogens (tertiary/aromatic N) is 1. The normalized spacial score (nSPS) is 28.1. The van der Waals surface area contributed by atoms with Crippen LogP contribution >= 0.6 is 11.8 Å². The Labute approximate surface area is 159 Å². The summed E-state index contributed by atoms with van der Waals surface area (Å²) in [5.74, 6) is -3.38. The van der Waals surface area contributed by atoms with E-state index in [1.54, 1.807) is 0 Å². The predicted molar refractivity (Wildman–Crippen MR) is 97.9 cm³/mol. The molecule has 1 saturated heterocycles. The molecule has 0 aromatic heterocycles. The standard InChI is InChI=1S/C17H20N4O5S/c1-17(20-13(23)10(18)8-5-3-2-4-6-8)15(26)21-11(14(24)25)9(12(19)22)7-27-16(17)21/h2-3,6,10,16H,4-5,7,18H2,1H3,(H2,19,22)(H,20,23)(H,24,25)/t10?,16-,17+/m0/s1. The molecule has 3 atom stereocenters. The minimum absolute atomic E-state index is 0.0406. The van der Waals surface area contributed by atoms with Gasteiger partial charge in [-0.15, -0.1) is 11.8 Å². The zero-order valence-corrected chi connectivity index (χ0v) is 15.4. The maximum atomic E-state index is 12.7. The third kappa shape index (κ3) is 3.04. The summed E-state index contributed by atoms with van der Waals surface area (Å²) in [6.07, 6.45) is 7.03. The van der Waals surface area contributed by atoms with E-state index in [-0.39, 0.29) is 11.3 Å². The first-order valence-electron chi connectivity index (χ1n) is 8.31. The highest BCUT2D eigenvalue weighted by atomic mass is 32.2. The monoisotopic (exact) mass is 392 g/mol. The van der Waals surface area contributed by atoms with Gasteiger partial charge in [0.25, 0.3) is 5.91 Å². The third-order valence-electron chi connectivity index (χ3n) is 4.90. The van der Waals surface area contributed by atoms with E-state index in [9.17, 15) is 24.3 Å². The van der Waals surface area contributed by atoms with Gasteiger partial charge in [0.15, 0.2) is 0 Å². The van der Waals surface area contributed by atoms with E-state index >= 15 is 0 Å². The Kier molecular flexibility index (Phi) is 4.87. The molecule has 6 N–H and O–H groups in total. The maximum Gasteiger partial charge on any atom is 0.353 e. The van der Waals surface area contributed by atoms with Crippen molar-refractivity contribution in [1.29, 1.82) is 0 Å². The molecule has 3 aliphatic rings. The molecule has 0 bridgehead atoms. The van der Waals surface area contributed by atoms with Crippen molar-refractivity contribution in [1.82, 2.24) is 10.2 Å². The fourth-order valence-corrected chi connectivity index (χ4v) is 4.85. The summed E-state index contributed by atoms with van der Waals surface area (Å²) in [6.45, 7) is 1.53. The quantitative estimate of drug-likeness (QED) is 0.353. The zero-order chi connectivity index (χ0) is 19.9. The number of nitrogens with two attached hydrogens (primary N) is 2. The molecule has 0 aromatic carbocycles. The number of thioether (sulfide) groups is 1. The van der Waals surface area contributed by atoms with Gasteiger partial charge in [0.05, 0.1) is 5.57 Å². The summed E-state index contributed by atoms with van der Waals surface area (Å²) >= 11 is 1.17. The molecular weight excluding hydrogens is 372 g/mol. The Hall–Kier alpha value is -2.59. The number of fused-ring (bicyclic) bond motifs is 1. The predicted octanol–water partition coefficient (Wildman–Crippen LogP) is -0.796. The van der Waals surface area contributed by atoms with Gasteiger partial charge < -0.3 is 21.9 Å². The molecule has 0 saturated carbocycles. The lowest BCUT2D eigenvalue weighted by Crippen LogP contribution is -2.79. The topological polar surface area (TPSA) is 156 Å². The second-order valence-electron chi connectivity index (χ2n) is 6.69. The van der Waals surface area contributed by atoms with Crippen LogP contribution in [-0.4, -0.2) is 56.4 Å². The Bertz CT molecular complexity index is 833. The highest BCUT2D eigenvalue weighted by Gasteiger charge is 2.63. The molecular formula is C17H20N4O5S. The molecule has 0 radical (unpaired) electrons. The van der Waals surface area contributed by atoms with Gasteiger partial charge in [0.1, 0.15) is 22.7 Å². The summed E-state index contributed by atoms with van der Waals surface area (Å²) in [5, 5.41) is 11.4. The average Bonchev–Trinajstić information content (AvgIpc) is 2.66. The number of aliphatic carboxylic acids is 1. The number of rotatable bonds is 5. The van der Waals surface area contributed by atoms with Crippen LogP contribution in [0.2, 0.25) is 0 Å². The molecule has 0 aromatic rings. The Balaban J connectivity index is 1.80. The number of hydrogen-bond donors (Lipinski definition) is 4. The lowest BCUT2D eigenvalue weighted by atomic mass is 9.87. The molecule has 27 heavy (non-hydrogen) atoms. The van der Waals surface area contributed by atoms with Crippen LogP contribution in [0.5, 0.6) is 0 Å². The number of hydrogen-bond acceptors (Lipinski definition) is 6. The molecule has 1 aliphatic carbocycles. The number of carboxylic acid groups (broad SMARTS) is 1. The first kappa shape index (κ1) is 19.2. The van der Waals surface area contributed by atoms with Gasteiger partial charge in [-0.25, -0.2) is 4.79 Å². The van der Waals surface area contributed by atoms with Crippen LogP contribution in [0.15, 0.2) is 35.1 Å². The van der Waals surface area contributed by atoms with Crippen molar-refractivity contribution in [3.63, 3.8) is 0 Å². The van der Waals surface area contributed by atoms with Gasteiger partial charge >= 0.3 is 5.97 Å². The number of amides is 3. The molecule has 1 unspecified atom stereocenters. The molecule has 2 heterocycles. The zero-order valence-electron chi connectivity index (χ0n) is 14.6. The number of carbonyl (C=O) groups is 4. The Morgan fingerprint density at radius 3 is 2.67 bits per heavy atom. The highest BCUT2D eigenvalue weighted by molar-refractivity contribution is 8.00. The van der Waals surface area contributed by atoms with Crippen molar-refractivity contribution in [3.05, 3.63) is 35.1 Å². The van der Waals surface area contributed by atoms with E-state index < -0.39 is 46.3 Å². The van der Waals surface area contributed by atoms with Gasteiger partial charge in [-0.3, -0.25) is 19.3 Å². The van der Waals surface area contributed by atoms with Crippen molar-refractivity contribution >= 4 is 35.5 Å². The lowest BCUT2D eigenvalue weighted by molar-refractivity contribution is -0.158. The Morgan fingerprint density at radius 1 is 1.41 bits per heavy atom. The number of nitrogens with one attached hydrogen (secondary N) is 1. The van der Waals surface area contributed by atoms with Crippen LogP contribution in [-0.2, 0) is 19.2 Å². The number of carboxylic acids is 1. The van der Waals surface area contributed by atoms with Crippen molar-refractivity contribution in [2.75, 3.05) is 5.75 Å². The Morgan fingerprint density at radius 2 is 2.11 bits per heavy atom. The van der Waals surface area contributed by atoms with E-state index in [4.69, 9.17) is 11.5 Å². The van der Waals surface area contributed by atoms with E-state index in [0.717, 1.165) is 10.5 Å². The first-order chi connectivity index (χ1) is 12.7. The smallest absolute Gasteiger partial charge is 0.353 e. The van der Waals surface area contributed by atoms with Crippen LogP contribution in [0.1, 0.15) is 19.8 Å². The van der Waals surface area contributed by atoms with E-state index in [1.807, 2.05) is 18.2 Å². The van der Waals surface area contributed by atoms with E-state index in [2.05, 4.69) is 5.32 Å². The molecule has 0 spiro atoms. The highest BCUT2D eigenvalue weighted by Crippen LogP contribution is 2.46. The third-order valence-corrected chi connectivity index (χ3v) is 6.36. The molecule has 3 rings (SSSR count). The van der Waals surface area contributed by atoms with Gasteiger partial charge in [0, 0.05) is 5.75 Å². The molecule has 10 heteroatoms. The van der Waals surface area contributed by atoms with Crippen LogP contribution in [0.4, 0.5) is 0 Å². The SMILES string of the molecule is C[C@@]1(NC(=O)C(N)C2=CCC=CC2)C(=O)N2C(C(=O)O)=C(C(N)=O)CS[C@H]21. The summed E-state index contributed by atoms with van der Waals surface area (Å²) < 4.78 is 0. The summed E-state index contributed by atoms with van der Waals surface area (Å²) in [5.41, 5.74) is 10.2. The van der Waals surface area contributed by atoms with Crippen LogP contribution in [0.25, 0.3) is 0 Å². The number of primary amides is 1. The van der Waals surface area contributed by atoms with Gasteiger partial charge in [-0.1, -0.05) is 18.2 Å². The van der Waals surface area contributed by atoms with Crippen LogP contribution < -0.4 is 16.8 Å². The number of β-lactam (4-membered cyclic amide) rings is 1. The minimum Gasteiger partial charge on any atom is -0.477 e.